The lowest BCUT2D eigenvalue weighted by atomic mass is 9.65. The molecule has 10 aromatic rings. The fraction of sp³-hybridized carbons (Fsp3) is 0.0175. The van der Waals surface area contributed by atoms with Gasteiger partial charge in [-0.2, -0.15) is 0 Å². The average molecular weight is 752 g/mol. The maximum atomic E-state index is 7.19. The van der Waals surface area contributed by atoms with E-state index in [2.05, 4.69) is 229 Å². The molecule has 0 aromatic heterocycles. The van der Waals surface area contributed by atoms with Crippen LogP contribution in [-0.4, -0.2) is 0 Å². The van der Waals surface area contributed by atoms with Crippen molar-refractivity contribution in [2.45, 2.75) is 5.41 Å². The first-order chi connectivity index (χ1) is 29.3. The van der Waals surface area contributed by atoms with Gasteiger partial charge in [0.2, 0.25) is 0 Å². The molecule has 0 saturated carbocycles. The Morgan fingerprint density at radius 3 is 1.41 bits per heavy atom. The summed E-state index contributed by atoms with van der Waals surface area (Å²) in [6, 6.07) is 81.7. The normalized spacial score (nSPS) is 13.0. The number of benzene rings is 10. The quantitative estimate of drug-likeness (QED) is 0.174. The Balaban J connectivity index is 1.14. The highest BCUT2D eigenvalue weighted by atomic mass is 16.5. The Bertz CT molecular complexity index is 3100. The molecule has 2 nitrogen and oxygen atoms in total. The molecule has 2 heteroatoms. The summed E-state index contributed by atoms with van der Waals surface area (Å²) in [5, 5.41) is 4.57. The van der Waals surface area contributed by atoms with E-state index in [4.69, 9.17) is 4.74 Å². The highest BCUT2D eigenvalue weighted by Gasteiger charge is 2.52. The minimum Gasteiger partial charge on any atom is -0.455 e. The summed E-state index contributed by atoms with van der Waals surface area (Å²) in [5.74, 6) is 1.85. The van der Waals surface area contributed by atoms with Gasteiger partial charge in [0.15, 0.2) is 0 Å². The van der Waals surface area contributed by atoms with Crippen LogP contribution < -0.4 is 9.64 Å². The first-order valence-electron chi connectivity index (χ1n) is 20.3. The van der Waals surface area contributed by atoms with Gasteiger partial charge < -0.3 is 9.64 Å². The lowest BCUT2D eigenvalue weighted by Gasteiger charge is -2.40. The van der Waals surface area contributed by atoms with Crippen molar-refractivity contribution in [3.63, 3.8) is 0 Å². The van der Waals surface area contributed by atoms with E-state index in [0.29, 0.717) is 0 Å². The number of anilines is 3. The molecule has 0 atom stereocenters. The Kier molecular flexibility index (Phi) is 7.48. The summed E-state index contributed by atoms with van der Waals surface area (Å²) in [5.41, 5.74) is 14.7. The van der Waals surface area contributed by atoms with Crippen molar-refractivity contribution in [3.8, 4) is 44.9 Å². The Labute approximate surface area is 343 Å². The lowest BCUT2D eigenvalue weighted by molar-refractivity contribution is 0.447. The zero-order chi connectivity index (χ0) is 38.9. The fourth-order valence-corrected chi connectivity index (χ4v) is 9.89. The lowest BCUT2D eigenvalue weighted by Crippen LogP contribution is -2.32. The smallest absolute Gasteiger partial charge is 0.140 e. The second kappa shape index (κ2) is 13.2. The highest BCUT2D eigenvalue weighted by Crippen LogP contribution is 2.64. The zero-order valence-electron chi connectivity index (χ0n) is 32.2. The van der Waals surface area contributed by atoms with E-state index in [1.807, 2.05) is 0 Å². The second-order valence-electron chi connectivity index (χ2n) is 15.6. The van der Waals surface area contributed by atoms with Gasteiger partial charge in [-0.3, -0.25) is 0 Å². The van der Waals surface area contributed by atoms with Gasteiger partial charge in [0.25, 0.3) is 0 Å². The van der Waals surface area contributed by atoms with Crippen molar-refractivity contribution >= 4 is 38.6 Å². The van der Waals surface area contributed by atoms with Crippen LogP contribution in [0.25, 0.3) is 54.9 Å². The Morgan fingerprint density at radius 2 is 0.797 bits per heavy atom. The molecule has 0 fully saturated rings. The fourth-order valence-electron chi connectivity index (χ4n) is 9.89. The minimum atomic E-state index is -0.604. The molecule has 2 aliphatic rings. The summed E-state index contributed by atoms with van der Waals surface area (Å²) in [4.78, 5) is 2.42. The first-order valence-corrected chi connectivity index (χ1v) is 20.3. The van der Waals surface area contributed by atoms with Gasteiger partial charge in [0.1, 0.15) is 11.5 Å². The van der Waals surface area contributed by atoms with Crippen molar-refractivity contribution in [2.75, 3.05) is 4.90 Å². The van der Waals surface area contributed by atoms with E-state index in [-0.39, 0.29) is 0 Å². The van der Waals surface area contributed by atoms with Gasteiger partial charge in [-0.25, -0.2) is 0 Å². The largest absolute Gasteiger partial charge is 0.455 e. The number of fused-ring (bicyclic) bond motifs is 13. The summed E-state index contributed by atoms with van der Waals surface area (Å²) in [6.45, 7) is 0. The standard InChI is InChI=1S/C57H37NO/c1-4-16-38(17-5-1)42-34-43(39-18-6-2-7-19-39)36-46(35-42)58(44-22-8-3-9-23-44)45-30-33-52-50(37-45)49-26-14-15-27-51(49)57(52)53-31-28-40-20-10-12-24-47(40)55(53)59-56-48-25-13-11-21-41(48)29-32-54(56)57/h1-37H. The Morgan fingerprint density at radius 1 is 0.305 bits per heavy atom. The van der Waals surface area contributed by atoms with Crippen LogP contribution in [0.5, 0.6) is 11.5 Å². The molecule has 0 N–H and O–H groups in total. The van der Waals surface area contributed by atoms with Crippen LogP contribution in [0.4, 0.5) is 17.1 Å². The summed E-state index contributed by atoms with van der Waals surface area (Å²) in [7, 11) is 0. The zero-order valence-corrected chi connectivity index (χ0v) is 32.2. The number of rotatable bonds is 5. The van der Waals surface area contributed by atoms with E-state index in [0.717, 1.165) is 50.1 Å². The molecule has 12 rings (SSSR count). The van der Waals surface area contributed by atoms with Crippen molar-refractivity contribution < 1.29 is 4.74 Å². The maximum Gasteiger partial charge on any atom is 0.140 e. The third kappa shape index (κ3) is 5.06. The van der Waals surface area contributed by atoms with Crippen LogP contribution in [0, 0.1) is 0 Å². The summed E-state index contributed by atoms with van der Waals surface area (Å²) in [6.07, 6.45) is 0. The predicted molar refractivity (Wildman–Crippen MR) is 244 cm³/mol. The first kappa shape index (κ1) is 33.5. The second-order valence-corrected chi connectivity index (χ2v) is 15.6. The van der Waals surface area contributed by atoms with Gasteiger partial charge >= 0.3 is 0 Å². The average Bonchev–Trinajstić information content (AvgIpc) is 3.59. The number of hydrogen-bond acceptors (Lipinski definition) is 2. The van der Waals surface area contributed by atoms with Crippen LogP contribution in [0.2, 0.25) is 0 Å². The minimum absolute atomic E-state index is 0.604. The summed E-state index contributed by atoms with van der Waals surface area (Å²) >= 11 is 0. The maximum absolute atomic E-state index is 7.19. The molecule has 0 bridgehead atoms. The number of nitrogens with zero attached hydrogens (tertiary/aromatic N) is 1. The molecular weight excluding hydrogens is 715 g/mol. The van der Waals surface area contributed by atoms with Crippen molar-refractivity contribution in [1.82, 2.24) is 0 Å². The van der Waals surface area contributed by atoms with Gasteiger partial charge in [-0.1, -0.05) is 182 Å². The molecule has 1 aliphatic heterocycles. The van der Waals surface area contributed by atoms with Gasteiger partial charge in [0.05, 0.1) is 5.41 Å². The summed E-state index contributed by atoms with van der Waals surface area (Å²) < 4.78 is 7.19. The topological polar surface area (TPSA) is 12.5 Å². The molecule has 0 unspecified atom stereocenters. The monoisotopic (exact) mass is 751 g/mol. The van der Waals surface area contributed by atoms with Crippen molar-refractivity contribution in [2.24, 2.45) is 0 Å². The molecule has 1 aliphatic carbocycles. The molecule has 1 heterocycles. The van der Waals surface area contributed by atoms with E-state index in [1.54, 1.807) is 0 Å². The van der Waals surface area contributed by atoms with Crippen LogP contribution in [-0.2, 0) is 5.41 Å². The third-order valence-corrected chi connectivity index (χ3v) is 12.5. The van der Waals surface area contributed by atoms with Gasteiger partial charge in [-0.15, -0.1) is 0 Å². The van der Waals surface area contributed by atoms with Crippen LogP contribution in [0.3, 0.4) is 0 Å². The molecular formula is C57H37NO. The van der Waals surface area contributed by atoms with E-state index in [9.17, 15) is 0 Å². The van der Waals surface area contributed by atoms with Crippen LogP contribution >= 0.6 is 0 Å². The molecule has 59 heavy (non-hydrogen) atoms. The Hall–Kier alpha value is -7.68. The van der Waals surface area contributed by atoms with Crippen LogP contribution in [0.15, 0.2) is 224 Å². The highest BCUT2D eigenvalue weighted by molar-refractivity contribution is 6.00. The molecule has 1 spiro atoms. The molecule has 0 amide bonds. The van der Waals surface area contributed by atoms with Crippen molar-refractivity contribution in [3.05, 3.63) is 247 Å². The van der Waals surface area contributed by atoms with E-state index >= 15 is 0 Å². The molecule has 10 aromatic carbocycles. The molecule has 0 radical (unpaired) electrons. The van der Waals surface area contributed by atoms with E-state index < -0.39 is 5.41 Å². The molecule has 276 valence electrons. The van der Waals surface area contributed by atoms with E-state index in [1.165, 1.54) is 55.6 Å². The number of hydrogen-bond donors (Lipinski definition) is 0. The SMILES string of the molecule is c1ccc(-c2cc(-c3ccccc3)cc(N(c3ccccc3)c3ccc4c(c3)-c3ccccc3C43c4ccc5ccccc5c4Oc4c3ccc3ccccc43)c2)cc1. The number of para-hydroxylation sites is 1. The van der Waals surface area contributed by atoms with Gasteiger partial charge in [0, 0.05) is 39.0 Å². The van der Waals surface area contributed by atoms with Crippen molar-refractivity contribution in [1.29, 1.82) is 0 Å². The third-order valence-electron chi connectivity index (χ3n) is 12.5. The molecule has 0 saturated heterocycles. The van der Waals surface area contributed by atoms with Gasteiger partial charge in [-0.05, 0) is 97.7 Å². The number of ether oxygens (including phenoxy) is 1. The predicted octanol–water partition coefficient (Wildman–Crippen LogP) is 15.3. The van der Waals surface area contributed by atoms with Crippen LogP contribution in [0.1, 0.15) is 22.3 Å².